The van der Waals surface area contributed by atoms with Gasteiger partial charge in [0.25, 0.3) is 0 Å². The van der Waals surface area contributed by atoms with Crippen molar-refractivity contribution >= 4 is 29.9 Å². The molecule has 0 bridgehead atoms. The molecule has 4 rings (SSSR count). The summed E-state index contributed by atoms with van der Waals surface area (Å²) in [5.41, 5.74) is 0.163. The van der Waals surface area contributed by atoms with E-state index < -0.39 is 0 Å². The van der Waals surface area contributed by atoms with E-state index in [-0.39, 0.29) is 29.4 Å². The smallest absolute Gasteiger partial charge is 0.191 e. The van der Waals surface area contributed by atoms with Crippen molar-refractivity contribution < 1.29 is 4.74 Å². The molecule has 8 heteroatoms. The highest BCUT2D eigenvalue weighted by atomic mass is 127. The van der Waals surface area contributed by atoms with Gasteiger partial charge in [0.15, 0.2) is 5.96 Å². The van der Waals surface area contributed by atoms with Crippen LogP contribution in [0.3, 0.4) is 0 Å². The minimum atomic E-state index is 0. The maximum Gasteiger partial charge on any atom is 0.191 e. The maximum atomic E-state index is 5.92. The number of fused-ring (bicyclic) bond motifs is 2. The van der Waals surface area contributed by atoms with E-state index in [0.717, 1.165) is 63.1 Å². The first-order valence-corrected chi connectivity index (χ1v) is 10.1. The summed E-state index contributed by atoms with van der Waals surface area (Å²) in [5.74, 6) is 4.25. The van der Waals surface area contributed by atoms with Gasteiger partial charge in [-0.3, -0.25) is 4.99 Å². The van der Waals surface area contributed by atoms with Crippen LogP contribution in [0.5, 0.6) is 0 Å². The normalized spacial score (nSPS) is 31.3. The molecule has 2 fully saturated rings. The number of nitrogens with one attached hydrogen (secondary N) is 2. The summed E-state index contributed by atoms with van der Waals surface area (Å²) >= 11 is 0. The fourth-order valence-electron chi connectivity index (χ4n) is 4.98. The molecule has 2 N–H and O–H groups in total. The van der Waals surface area contributed by atoms with Crippen LogP contribution in [0, 0.1) is 24.2 Å². The van der Waals surface area contributed by atoms with Crippen molar-refractivity contribution in [3.8, 4) is 0 Å². The zero-order valence-corrected chi connectivity index (χ0v) is 19.2. The number of aromatic nitrogens is 3. The standard InChI is InChI=1S/C19H32N6O.HI/c1-5-20-18(22-16-14-8-9-26-17(14)19(16,3)4)21-10-13-6-7-15-24-23-12(2)25(15)11-13;/h13-14,16-17H,5-11H2,1-4H3,(H2,20,21,22);1H. The van der Waals surface area contributed by atoms with Crippen LogP contribution < -0.4 is 10.6 Å². The SMILES string of the molecule is CCNC(=NCC1CCc2nnc(C)n2C1)NC1C2CCOC2C1(C)C.I. The number of aliphatic imine (C=N–C) groups is 1. The molecule has 1 aromatic heterocycles. The highest BCUT2D eigenvalue weighted by Gasteiger charge is 2.59. The molecule has 27 heavy (non-hydrogen) atoms. The number of aryl methyl sites for hydroxylation is 2. The minimum absolute atomic E-state index is 0. The second-order valence-corrected chi connectivity index (χ2v) is 8.59. The molecule has 0 radical (unpaired) electrons. The van der Waals surface area contributed by atoms with E-state index in [1.54, 1.807) is 0 Å². The van der Waals surface area contributed by atoms with Gasteiger partial charge in [-0.2, -0.15) is 0 Å². The van der Waals surface area contributed by atoms with Crippen molar-refractivity contribution in [2.45, 2.75) is 65.6 Å². The van der Waals surface area contributed by atoms with Crippen LogP contribution in [-0.2, 0) is 17.7 Å². The predicted molar refractivity (Wildman–Crippen MR) is 117 cm³/mol. The molecule has 1 saturated heterocycles. The Morgan fingerprint density at radius 1 is 1.33 bits per heavy atom. The van der Waals surface area contributed by atoms with Gasteiger partial charge in [-0.1, -0.05) is 13.8 Å². The Bertz CT molecular complexity index is 688. The topological polar surface area (TPSA) is 76.4 Å². The Labute approximate surface area is 179 Å². The Morgan fingerprint density at radius 2 is 2.15 bits per heavy atom. The molecule has 152 valence electrons. The third-order valence-electron chi connectivity index (χ3n) is 6.47. The number of halogens is 1. The van der Waals surface area contributed by atoms with Gasteiger partial charge in [-0.25, -0.2) is 0 Å². The van der Waals surface area contributed by atoms with Gasteiger partial charge in [0, 0.05) is 50.0 Å². The number of rotatable bonds is 4. The van der Waals surface area contributed by atoms with Crippen molar-refractivity contribution in [1.29, 1.82) is 0 Å². The van der Waals surface area contributed by atoms with Crippen LogP contribution in [0.25, 0.3) is 0 Å². The Balaban J connectivity index is 0.00000210. The Morgan fingerprint density at radius 3 is 2.93 bits per heavy atom. The number of hydrogen-bond donors (Lipinski definition) is 2. The molecule has 2 aliphatic heterocycles. The summed E-state index contributed by atoms with van der Waals surface area (Å²) < 4.78 is 8.17. The molecule has 1 saturated carbocycles. The summed E-state index contributed by atoms with van der Waals surface area (Å²) in [6, 6.07) is 0.436. The van der Waals surface area contributed by atoms with Crippen LogP contribution >= 0.6 is 24.0 Å². The molecule has 0 amide bonds. The van der Waals surface area contributed by atoms with Gasteiger partial charge < -0.3 is 19.9 Å². The molecule has 3 aliphatic rings. The van der Waals surface area contributed by atoms with E-state index in [4.69, 9.17) is 9.73 Å². The molecule has 3 heterocycles. The highest BCUT2D eigenvalue weighted by Crippen LogP contribution is 2.52. The van der Waals surface area contributed by atoms with Gasteiger partial charge in [-0.05, 0) is 32.6 Å². The molecule has 4 atom stereocenters. The van der Waals surface area contributed by atoms with Crippen LogP contribution in [0.4, 0.5) is 0 Å². The van der Waals surface area contributed by atoms with Gasteiger partial charge >= 0.3 is 0 Å². The summed E-state index contributed by atoms with van der Waals surface area (Å²) in [6.45, 7) is 12.4. The second kappa shape index (κ2) is 8.23. The molecule has 1 aromatic rings. The van der Waals surface area contributed by atoms with E-state index in [9.17, 15) is 0 Å². The molecule has 4 unspecified atom stereocenters. The van der Waals surface area contributed by atoms with Crippen LogP contribution in [-0.4, -0.2) is 52.6 Å². The van der Waals surface area contributed by atoms with Crippen molar-refractivity contribution in [2.24, 2.45) is 22.2 Å². The fraction of sp³-hybridized carbons (Fsp3) is 0.842. The van der Waals surface area contributed by atoms with Gasteiger partial charge in [-0.15, -0.1) is 34.2 Å². The molecular weight excluding hydrogens is 455 g/mol. The number of guanidine groups is 1. The lowest BCUT2D eigenvalue weighted by atomic mass is 9.57. The quantitative estimate of drug-likeness (QED) is 0.386. The maximum absolute atomic E-state index is 5.92. The first-order chi connectivity index (χ1) is 12.5. The van der Waals surface area contributed by atoms with E-state index >= 15 is 0 Å². The summed E-state index contributed by atoms with van der Waals surface area (Å²) in [4.78, 5) is 4.93. The lowest BCUT2D eigenvalue weighted by Gasteiger charge is -2.54. The minimum Gasteiger partial charge on any atom is -0.377 e. The van der Waals surface area contributed by atoms with Crippen LogP contribution in [0.2, 0.25) is 0 Å². The second-order valence-electron chi connectivity index (χ2n) is 8.59. The van der Waals surface area contributed by atoms with Crippen molar-refractivity contribution in [3.63, 3.8) is 0 Å². The van der Waals surface area contributed by atoms with E-state index in [0.29, 0.717) is 24.0 Å². The van der Waals surface area contributed by atoms with Crippen LogP contribution in [0.1, 0.15) is 45.3 Å². The zero-order chi connectivity index (χ0) is 18.3. The molecular formula is C19H33IN6O. The largest absolute Gasteiger partial charge is 0.377 e. The summed E-state index contributed by atoms with van der Waals surface area (Å²) in [5, 5.41) is 15.6. The number of nitrogens with zero attached hydrogens (tertiary/aromatic N) is 4. The predicted octanol–water partition coefficient (Wildman–Crippen LogP) is 2.14. The van der Waals surface area contributed by atoms with Gasteiger partial charge in [0.05, 0.1) is 6.10 Å². The van der Waals surface area contributed by atoms with Crippen molar-refractivity contribution in [3.05, 3.63) is 11.6 Å². The highest BCUT2D eigenvalue weighted by molar-refractivity contribution is 14.0. The monoisotopic (exact) mass is 488 g/mol. The fourth-order valence-corrected chi connectivity index (χ4v) is 4.98. The van der Waals surface area contributed by atoms with Crippen molar-refractivity contribution in [2.75, 3.05) is 19.7 Å². The first kappa shape index (κ1) is 20.8. The Kier molecular flexibility index (Phi) is 6.34. The zero-order valence-electron chi connectivity index (χ0n) is 16.9. The first-order valence-electron chi connectivity index (χ1n) is 10.1. The molecule has 0 spiro atoms. The summed E-state index contributed by atoms with van der Waals surface area (Å²) in [6.07, 6.45) is 3.69. The lowest BCUT2D eigenvalue weighted by molar-refractivity contribution is -0.106. The lowest BCUT2D eigenvalue weighted by Crippen LogP contribution is -2.68. The molecule has 1 aliphatic carbocycles. The Hall–Kier alpha value is -0.900. The van der Waals surface area contributed by atoms with E-state index in [2.05, 4.69) is 46.2 Å². The summed E-state index contributed by atoms with van der Waals surface area (Å²) in [7, 11) is 0. The van der Waals surface area contributed by atoms with Gasteiger partial charge in [0.2, 0.25) is 0 Å². The van der Waals surface area contributed by atoms with E-state index in [1.165, 1.54) is 0 Å². The van der Waals surface area contributed by atoms with Gasteiger partial charge in [0.1, 0.15) is 11.6 Å². The number of hydrogen-bond acceptors (Lipinski definition) is 4. The molecule has 0 aromatic carbocycles. The van der Waals surface area contributed by atoms with E-state index in [1.807, 2.05) is 6.92 Å². The number of ether oxygens (including phenoxy) is 1. The molecule has 7 nitrogen and oxygen atoms in total. The average molecular weight is 488 g/mol. The average Bonchev–Trinajstić information content (AvgIpc) is 3.23. The van der Waals surface area contributed by atoms with Crippen LogP contribution in [0.15, 0.2) is 4.99 Å². The third kappa shape index (κ3) is 3.83. The van der Waals surface area contributed by atoms with Crippen molar-refractivity contribution in [1.82, 2.24) is 25.4 Å². The third-order valence-corrected chi connectivity index (χ3v) is 6.47.